The number of hydrogen-bond donors (Lipinski definition) is 0. The summed E-state index contributed by atoms with van der Waals surface area (Å²) >= 11 is 0. The summed E-state index contributed by atoms with van der Waals surface area (Å²) in [4.78, 5) is 18.9. The maximum absolute atomic E-state index is 6.47. The molecule has 0 aliphatic rings. The minimum absolute atomic E-state index is 0.521. The van der Waals surface area contributed by atoms with E-state index in [9.17, 15) is 0 Å². The fourth-order valence-electron chi connectivity index (χ4n) is 7.29. The van der Waals surface area contributed by atoms with Crippen LogP contribution in [0.1, 0.15) is 0 Å². The molecule has 0 unspecified atom stereocenters. The van der Waals surface area contributed by atoms with E-state index in [1.807, 2.05) is 91.6 Å². The highest BCUT2D eigenvalue weighted by molar-refractivity contribution is 6.14. The van der Waals surface area contributed by atoms with Crippen LogP contribution < -0.4 is 0 Å². The van der Waals surface area contributed by atoms with E-state index < -0.39 is 0 Å². The van der Waals surface area contributed by atoms with Crippen molar-refractivity contribution >= 4 is 66.2 Å². The van der Waals surface area contributed by atoms with Gasteiger partial charge in [-0.05, 0) is 64.7 Å². The number of pyridine rings is 4. The lowest BCUT2D eigenvalue weighted by atomic mass is 10.0. The Kier molecular flexibility index (Phi) is 5.83. The van der Waals surface area contributed by atoms with Gasteiger partial charge in [0.25, 0.3) is 0 Å². The van der Waals surface area contributed by atoms with Crippen molar-refractivity contribution in [3.8, 4) is 44.5 Å². The molecule has 11 rings (SSSR count). The molecule has 0 N–H and O–H groups in total. The van der Waals surface area contributed by atoms with Gasteiger partial charge in [-0.3, -0.25) is 15.0 Å². The van der Waals surface area contributed by atoms with E-state index in [0.717, 1.165) is 88.3 Å². The molecule has 0 atom stereocenters. The second-order valence-electron chi connectivity index (χ2n) is 12.7. The molecule has 0 spiro atoms. The smallest absolute Gasteiger partial charge is 0.227 e. The van der Waals surface area contributed by atoms with Crippen LogP contribution in [-0.2, 0) is 0 Å². The van der Waals surface area contributed by atoms with Gasteiger partial charge in [-0.15, -0.1) is 0 Å². The predicted molar refractivity (Wildman–Crippen MR) is 201 cm³/mol. The molecular weight excluding hydrogens is 633 g/mol. The summed E-state index contributed by atoms with van der Waals surface area (Å²) in [6.45, 7) is 0. The van der Waals surface area contributed by atoms with Crippen LogP contribution in [0.4, 0.5) is 0 Å². The van der Waals surface area contributed by atoms with Crippen LogP contribution in [0.3, 0.4) is 0 Å². The van der Waals surface area contributed by atoms with Gasteiger partial charge in [-0.2, -0.15) is 0 Å². The topological polar surface area (TPSA) is 91.0 Å². The van der Waals surface area contributed by atoms with Gasteiger partial charge in [0.05, 0.1) is 5.39 Å². The molecular formula is C44H24N4O3. The second-order valence-corrected chi connectivity index (χ2v) is 12.7. The zero-order chi connectivity index (χ0) is 33.5. The van der Waals surface area contributed by atoms with Crippen molar-refractivity contribution in [2.75, 3.05) is 0 Å². The summed E-state index contributed by atoms with van der Waals surface area (Å²) in [6.07, 6.45) is 9.10. The largest absolute Gasteiger partial charge is 0.454 e. The number of furan rings is 3. The van der Waals surface area contributed by atoms with E-state index in [1.54, 1.807) is 0 Å². The minimum Gasteiger partial charge on any atom is -0.454 e. The van der Waals surface area contributed by atoms with Crippen molar-refractivity contribution in [2.45, 2.75) is 0 Å². The fraction of sp³-hybridized carbons (Fsp3) is 0. The normalized spacial score (nSPS) is 11.9. The van der Waals surface area contributed by atoms with E-state index in [0.29, 0.717) is 22.5 Å². The maximum atomic E-state index is 6.47. The molecule has 0 saturated heterocycles. The zero-order valence-electron chi connectivity index (χ0n) is 26.9. The van der Waals surface area contributed by atoms with Crippen LogP contribution in [0.25, 0.3) is 111 Å². The first kappa shape index (κ1) is 27.8. The summed E-state index contributed by atoms with van der Waals surface area (Å²) in [5.74, 6) is 0. The number of rotatable bonds is 4. The SMILES string of the molecule is c1ccc(-c2ccc3oc4c(-c5cnc6oc7c(-c8ccnc9c8oc8ccc(-c%10ccccc%10)cc89)cncc7c6c5)ccnc4c3c2)cc1. The van der Waals surface area contributed by atoms with E-state index in [4.69, 9.17) is 28.2 Å². The van der Waals surface area contributed by atoms with Crippen molar-refractivity contribution in [1.82, 2.24) is 19.9 Å². The van der Waals surface area contributed by atoms with Crippen LogP contribution in [0, 0.1) is 0 Å². The minimum atomic E-state index is 0.521. The first-order valence-corrected chi connectivity index (χ1v) is 16.7. The first-order chi connectivity index (χ1) is 25.3. The van der Waals surface area contributed by atoms with Crippen molar-refractivity contribution in [1.29, 1.82) is 0 Å². The Morgan fingerprint density at radius 3 is 1.61 bits per heavy atom. The van der Waals surface area contributed by atoms with Crippen molar-refractivity contribution in [3.63, 3.8) is 0 Å². The molecule has 0 saturated carbocycles. The third-order valence-corrected chi connectivity index (χ3v) is 9.75. The van der Waals surface area contributed by atoms with Crippen LogP contribution in [0.2, 0.25) is 0 Å². The highest BCUT2D eigenvalue weighted by Crippen LogP contribution is 2.42. The maximum Gasteiger partial charge on any atom is 0.227 e. The van der Waals surface area contributed by atoms with Gasteiger partial charge in [0.1, 0.15) is 27.8 Å². The molecule has 238 valence electrons. The molecule has 51 heavy (non-hydrogen) atoms. The van der Waals surface area contributed by atoms with Gasteiger partial charge in [0.15, 0.2) is 11.2 Å². The highest BCUT2D eigenvalue weighted by Gasteiger charge is 2.21. The van der Waals surface area contributed by atoms with Crippen molar-refractivity contribution in [2.24, 2.45) is 0 Å². The molecule has 7 heteroatoms. The Balaban J connectivity index is 1.05. The first-order valence-electron chi connectivity index (χ1n) is 16.7. The van der Waals surface area contributed by atoms with Crippen LogP contribution >= 0.6 is 0 Å². The number of fused-ring (bicyclic) bond motifs is 9. The molecule has 0 bridgehead atoms. The molecule has 4 aromatic carbocycles. The van der Waals surface area contributed by atoms with Crippen molar-refractivity contribution < 1.29 is 13.3 Å². The quantitative estimate of drug-likeness (QED) is 0.186. The summed E-state index contributed by atoms with van der Waals surface area (Å²) in [6, 6.07) is 39.1. The fourth-order valence-corrected chi connectivity index (χ4v) is 7.29. The van der Waals surface area contributed by atoms with E-state index in [-0.39, 0.29) is 0 Å². The lowest BCUT2D eigenvalue weighted by molar-refractivity contribution is 0.653. The molecule has 0 aliphatic heterocycles. The molecule has 7 heterocycles. The number of aromatic nitrogens is 4. The summed E-state index contributed by atoms with van der Waals surface area (Å²) < 4.78 is 19.4. The number of benzene rings is 4. The molecule has 0 fully saturated rings. The predicted octanol–water partition coefficient (Wildman–Crippen LogP) is 11.6. The van der Waals surface area contributed by atoms with Gasteiger partial charge < -0.3 is 13.3 Å². The average Bonchev–Trinajstić information content (AvgIpc) is 3.89. The van der Waals surface area contributed by atoms with E-state index >= 15 is 0 Å². The third kappa shape index (κ3) is 4.25. The van der Waals surface area contributed by atoms with Gasteiger partial charge >= 0.3 is 0 Å². The van der Waals surface area contributed by atoms with Gasteiger partial charge in [-0.1, -0.05) is 72.8 Å². The Morgan fingerprint density at radius 1 is 0.373 bits per heavy atom. The Hall–Kier alpha value is -7.12. The molecule has 11 aromatic rings. The second kappa shape index (κ2) is 10.7. The monoisotopic (exact) mass is 656 g/mol. The zero-order valence-corrected chi connectivity index (χ0v) is 26.9. The Morgan fingerprint density at radius 2 is 0.961 bits per heavy atom. The highest BCUT2D eigenvalue weighted by atomic mass is 16.3. The van der Waals surface area contributed by atoms with Crippen LogP contribution in [0.15, 0.2) is 159 Å². The lowest BCUT2D eigenvalue weighted by Crippen LogP contribution is -1.85. The van der Waals surface area contributed by atoms with Gasteiger partial charge in [0.2, 0.25) is 5.71 Å². The molecule has 0 aliphatic carbocycles. The molecule has 0 amide bonds. The van der Waals surface area contributed by atoms with Crippen LogP contribution in [0.5, 0.6) is 0 Å². The van der Waals surface area contributed by atoms with Gasteiger partial charge in [0, 0.05) is 69.4 Å². The molecule has 7 nitrogen and oxygen atoms in total. The summed E-state index contributed by atoms with van der Waals surface area (Å²) in [5.41, 5.74) is 13.7. The molecule has 0 radical (unpaired) electrons. The summed E-state index contributed by atoms with van der Waals surface area (Å²) in [7, 11) is 0. The standard InChI is InChI=1S/C44H24N4O3/c1-3-7-25(8-4-1)27-11-13-37-33(19-27)39-42(49-37)30(15-17-46-39)29-21-32-36-24-45-23-35(41(36)51-44(32)48-22-29)31-16-18-47-40-34-20-28(26-9-5-2-6-10-26)12-14-38(34)50-43(31)40/h1-24H. The Labute approximate surface area is 289 Å². The van der Waals surface area contributed by atoms with Crippen molar-refractivity contribution in [3.05, 3.63) is 146 Å². The number of nitrogens with zero attached hydrogens (tertiary/aromatic N) is 4. The lowest BCUT2D eigenvalue weighted by Gasteiger charge is -2.03. The van der Waals surface area contributed by atoms with E-state index in [2.05, 4.69) is 59.6 Å². The van der Waals surface area contributed by atoms with E-state index in [1.165, 1.54) is 0 Å². The summed E-state index contributed by atoms with van der Waals surface area (Å²) in [5, 5.41) is 3.63. The van der Waals surface area contributed by atoms with Gasteiger partial charge in [-0.25, -0.2) is 4.98 Å². The molecule has 7 aromatic heterocycles. The Bertz CT molecular complexity index is 3140. The number of hydrogen-bond acceptors (Lipinski definition) is 7. The average molecular weight is 657 g/mol. The van der Waals surface area contributed by atoms with Crippen LogP contribution in [-0.4, -0.2) is 19.9 Å². The third-order valence-electron chi connectivity index (χ3n) is 9.75.